The Balaban J connectivity index is 1.26. The molecule has 2 aliphatic rings. The van der Waals surface area contributed by atoms with Crippen LogP contribution in [0.15, 0.2) is 29.8 Å². The smallest absolute Gasteiger partial charge is 0.223 e. The number of carbonyl (C=O) groups excluding carboxylic acids is 1. The van der Waals surface area contributed by atoms with E-state index in [9.17, 15) is 4.79 Å². The molecule has 2 aromatic rings. The van der Waals surface area contributed by atoms with Gasteiger partial charge in [-0.3, -0.25) is 9.69 Å². The van der Waals surface area contributed by atoms with Gasteiger partial charge in [-0.25, -0.2) is 4.98 Å². The van der Waals surface area contributed by atoms with Crippen LogP contribution in [0.2, 0.25) is 0 Å². The molecule has 4 rings (SSSR count). The first kappa shape index (κ1) is 17.7. The van der Waals surface area contributed by atoms with Crippen LogP contribution in [0.1, 0.15) is 34.5 Å². The van der Waals surface area contributed by atoms with Gasteiger partial charge in [-0.2, -0.15) is 0 Å². The average Bonchev–Trinajstić information content (AvgIpc) is 3.10. The van der Waals surface area contributed by atoms with Crippen molar-refractivity contribution in [3.63, 3.8) is 0 Å². The third kappa shape index (κ3) is 3.84. The minimum absolute atomic E-state index is 0.298. The number of hydrogen-bond donors (Lipinski definition) is 0. The molecule has 1 aliphatic heterocycles. The number of aryl methyl sites for hydroxylation is 3. The first-order chi connectivity index (χ1) is 12.7. The van der Waals surface area contributed by atoms with Crippen LogP contribution in [0, 0.1) is 6.92 Å². The number of amides is 1. The quantitative estimate of drug-likeness (QED) is 0.831. The Morgan fingerprint density at radius 1 is 1.19 bits per heavy atom. The lowest BCUT2D eigenvalue weighted by atomic mass is 9.87. The summed E-state index contributed by atoms with van der Waals surface area (Å²) in [5.74, 6) is 0.298. The summed E-state index contributed by atoms with van der Waals surface area (Å²) in [6, 6.07) is 9.50. The molecular weight excluding hydrogens is 342 g/mol. The lowest BCUT2D eigenvalue weighted by molar-refractivity contribution is -0.133. The van der Waals surface area contributed by atoms with E-state index in [4.69, 9.17) is 0 Å². The molecule has 138 valence electrons. The molecule has 2 heterocycles. The molecule has 5 heteroatoms. The maximum atomic E-state index is 12.5. The fourth-order valence-corrected chi connectivity index (χ4v) is 5.05. The molecular formula is C21H27N3OS. The van der Waals surface area contributed by atoms with E-state index in [0.717, 1.165) is 44.7 Å². The summed E-state index contributed by atoms with van der Waals surface area (Å²) >= 11 is 1.66. The maximum Gasteiger partial charge on any atom is 0.223 e. The van der Waals surface area contributed by atoms with Crippen LogP contribution >= 0.6 is 11.3 Å². The second-order valence-electron chi connectivity index (χ2n) is 7.44. The molecule has 1 unspecified atom stereocenters. The van der Waals surface area contributed by atoms with Crippen molar-refractivity contribution in [1.82, 2.24) is 14.8 Å². The number of nitrogens with zero attached hydrogens (tertiary/aromatic N) is 3. The fourth-order valence-electron chi connectivity index (χ4n) is 4.27. The number of thiazole rings is 1. The van der Waals surface area contributed by atoms with Gasteiger partial charge in [-0.15, -0.1) is 11.3 Å². The molecule has 1 aliphatic carbocycles. The minimum Gasteiger partial charge on any atom is -0.340 e. The van der Waals surface area contributed by atoms with E-state index in [1.54, 1.807) is 11.3 Å². The average molecular weight is 370 g/mol. The van der Waals surface area contributed by atoms with Gasteiger partial charge < -0.3 is 4.90 Å². The van der Waals surface area contributed by atoms with Crippen molar-refractivity contribution >= 4 is 17.2 Å². The highest BCUT2D eigenvalue weighted by molar-refractivity contribution is 7.09. The second-order valence-corrected chi connectivity index (χ2v) is 8.38. The van der Waals surface area contributed by atoms with E-state index >= 15 is 0 Å². The molecule has 1 aromatic heterocycles. The highest BCUT2D eigenvalue weighted by atomic mass is 32.1. The number of aromatic nitrogens is 1. The number of rotatable bonds is 4. The summed E-state index contributed by atoms with van der Waals surface area (Å²) in [6.45, 7) is 5.80. The third-order valence-electron chi connectivity index (χ3n) is 5.91. The zero-order valence-electron chi connectivity index (χ0n) is 15.5. The maximum absolute atomic E-state index is 12.5. The number of carbonyl (C=O) groups is 1. The SMILES string of the molecule is Cc1ncsc1CCC(=O)N1CCN(C2CCc3ccccc3C2)CC1. The van der Waals surface area contributed by atoms with Crippen molar-refractivity contribution in [2.75, 3.05) is 26.2 Å². The summed E-state index contributed by atoms with van der Waals surface area (Å²) in [6.07, 6.45) is 5.04. The molecule has 1 fully saturated rings. The van der Waals surface area contributed by atoms with Crippen molar-refractivity contribution in [2.45, 2.75) is 45.1 Å². The number of hydrogen-bond acceptors (Lipinski definition) is 4. The van der Waals surface area contributed by atoms with Crippen LogP contribution in [-0.4, -0.2) is 52.9 Å². The van der Waals surface area contributed by atoms with Crippen molar-refractivity contribution in [1.29, 1.82) is 0 Å². The van der Waals surface area contributed by atoms with E-state index in [0.29, 0.717) is 18.4 Å². The Morgan fingerprint density at radius 2 is 1.96 bits per heavy atom. The molecule has 1 atom stereocenters. The van der Waals surface area contributed by atoms with Crippen molar-refractivity contribution < 1.29 is 4.79 Å². The number of piperazine rings is 1. The largest absolute Gasteiger partial charge is 0.340 e. The third-order valence-corrected chi connectivity index (χ3v) is 6.91. The predicted octanol–water partition coefficient (Wildman–Crippen LogP) is 3.09. The Bertz CT molecular complexity index is 764. The number of benzene rings is 1. The fraction of sp³-hybridized carbons (Fsp3) is 0.524. The zero-order chi connectivity index (χ0) is 17.9. The summed E-state index contributed by atoms with van der Waals surface area (Å²) < 4.78 is 0. The highest BCUT2D eigenvalue weighted by Crippen LogP contribution is 2.25. The van der Waals surface area contributed by atoms with E-state index in [2.05, 4.69) is 39.0 Å². The van der Waals surface area contributed by atoms with Crippen LogP contribution in [0.25, 0.3) is 0 Å². The summed E-state index contributed by atoms with van der Waals surface area (Å²) in [7, 11) is 0. The van der Waals surface area contributed by atoms with E-state index in [-0.39, 0.29) is 0 Å². The van der Waals surface area contributed by atoms with Crippen LogP contribution in [-0.2, 0) is 24.1 Å². The van der Waals surface area contributed by atoms with Crippen molar-refractivity contribution in [3.05, 3.63) is 51.5 Å². The van der Waals surface area contributed by atoms with Gasteiger partial charge in [0.1, 0.15) is 0 Å². The Hall–Kier alpha value is -1.72. The molecule has 0 saturated carbocycles. The van der Waals surface area contributed by atoms with Gasteiger partial charge in [-0.1, -0.05) is 24.3 Å². The summed E-state index contributed by atoms with van der Waals surface area (Å²) in [5, 5.41) is 0. The van der Waals surface area contributed by atoms with Crippen molar-refractivity contribution in [2.24, 2.45) is 0 Å². The molecule has 26 heavy (non-hydrogen) atoms. The van der Waals surface area contributed by atoms with Gasteiger partial charge in [0.05, 0.1) is 11.2 Å². The first-order valence-electron chi connectivity index (χ1n) is 9.68. The monoisotopic (exact) mass is 369 g/mol. The van der Waals surface area contributed by atoms with E-state index in [1.165, 1.54) is 28.8 Å². The van der Waals surface area contributed by atoms with Gasteiger partial charge in [0.2, 0.25) is 5.91 Å². The Kier molecular flexibility index (Phi) is 5.36. The van der Waals surface area contributed by atoms with Crippen LogP contribution in [0.5, 0.6) is 0 Å². The Labute approximate surface area is 159 Å². The molecule has 1 saturated heterocycles. The lowest BCUT2D eigenvalue weighted by Crippen LogP contribution is -2.53. The normalized spacial score (nSPS) is 20.8. The Morgan fingerprint density at radius 3 is 2.69 bits per heavy atom. The van der Waals surface area contributed by atoms with Gasteiger partial charge in [0.25, 0.3) is 0 Å². The second kappa shape index (κ2) is 7.89. The number of fused-ring (bicyclic) bond motifs is 1. The molecule has 1 aromatic carbocycles. The summed E-state index contributed by atoms with van der Waals surface area (Å²) in [4.78, 5) is 22.7. The van der Waals surface area contributed by atoms with Crippen LogP contribution in [0.4, 0.5) is 0 Å². The standard InChI is InChI=1S/C21H27N3OS/c1-16-20(26-15-22-16)8-9-21(25)24-12-10-23(11-13-24)19-7-6-17-4-2-3-5-18(17)14-19/h2-5,15,19H,6-14H2,1H3. The minimum atomic E-state index is 0.298. The molecule has 1 amide bonds. The molecule has 0 N–H and O–H groups in total. The van der Waals surface area contributed by atoms with Crippen LogP contribution in [0.3, 0.4) is 0 Å². The van der Waals surface area contributed by atoms with Gasteiger partial charge in [0, 0.05) is 43.5 Å². The zero-order valence-corrected chi connectivity index (χ0v) is 16.3. The summed E-state index contributed by atoms with van der Waals surface area (Å²) in [5.41, 5.74) is 5.99. The van der Waals surface area contributed by atoms with Crippen LogP contribution < -0.4 is 0 Å². The molecule has 0 bridgehead atoms. The topological polar surface area (TPSA) is 36.4 Å². The molecule has 0 radical (unpaired) electrons. The lowest BCUT2D eigenvalue weighted by Gasteiger charge is -2.41. The van der Waals surface area contributed by atoms with E-state index in [1.807, 2.05) is 12.4 Å². The predicted molar refractivity (Wildman–Crippen MR) is 106 cm³/mol. The first-order valence-corrected chi connectivity index (χ1v) is 10.6. The highest BCUT2D eigenvalue weighted by Gasteiger charge is 2.28. The van der Waals surface area contributed by atoms with E-state index < -0.39 is 0 Å². The molecule has 0 spiro atoms. The van der Waals surface area contributed by atoms with Gasteiger partial charge >= 0.3 is 0 Å². The van der Waals surface area contributed by atoms with Gasteiger partial charge in [-0.05, 0) is 43.7 Å². The van der Waals surface area contributed by atoms with Crippen molar-refractivity contribution in [3.8, 4) is 0 Å². The molecule has 4 nitrogen and oxygen atoms in total. The van der Waals surface area contributed by atoms with Gasteiger partial charge in [0.15, 0.2) is 0 Å².